The first kappa shape index (κ1) is 18.0. The smallest absolute Gasteiger partial charge is 0.267 e. The predicted octanol–water partition coefficient (Wildman–Crippen LogP) is 4.26. The number of hydrogen-bond donors (Lipinski definition) is 2. The van der Waals surface area contributed by atoms with E-state index in [4.69, 9.17) is 11.6 Å². The Bertz CT molecular complexity index is 888. The molecule has 0 aromatic heterocycles. The Morgan fingerprint density at radius 1 is 1.15 bits per heavy atom. The zero-order valence-corrected chi connectivity index (χ0v) is 15.2. The molecule has 26 heavy (non-hydrogen) atoms. The summed E-state index contributed by atoms with van der Waals surface area (Å²) in [5.74, 6) is -1.19. The number of nitrogens with one attached hydrogen (secondary N) is 1. The number of benzene rings is 2. The number of aliphatic hydroxyl groups excluding tert-OH is 1. The summed E-state index contributed by atoms with van der Waals surface area (Å²) in [6.07, 6.45) is 0. The maximum absolute atomic E-state index is 12.7. The summed E-state index contributed by atoms with van der Waals surface area (Å²) in [6.45, 7) is 3.99. The second-order valence-corrected chi connectivity index (χ2v) is 6.82. The molecule has 0 unspecified atom stereocenters. The molecule has 134 valence electrons. The summed E-state index contributed by atoms with van der Waals surface area (Å²) in [5, 5.41) is 13.5. The van der Waals surface area contributed by atoms with Crippen molar-refractivity contribution in [3.05, 3.63) is 70.4 Å². The average Bonchev–Trinajstić information content (AvgIpc) is 2.90. The second kappa shape index (κ2) is 7.22. The summed E-state index contributed by atoms with van der Waals surface area (Å²) in [6, 6.07) is 14.0. The number of para-hydroxylation sites is 1. The van der Waals surface area contributed by atoms with Gasteiger partial charge in [-0.2, -0.15) is 0 Å². The van der Waals surface area contributed by atoms with E-state index in [1.807, 2.05) is 32.0 Å². The molecule has 0 saturated carbocycles. The molecule has 2 aromatic rings. The van der Waals surface area contributed by atoms with Gasteiger partial charge in [0, 0.05) is 16.4 Å². The highest BCUT2D eigenvalue weighted by Crippen LogP contribution is 2.28. The lowest BCUT2D eigenvalue weighted by Crippen LogP contribution is -2.30. The van der Waals surface area contributed by atoms with E-state index < -0.39 is 11.8 Å². The second-order valence-electron chi connectivity index (χ2n) is 6.39. The van der Waals surface area contributed by atoms with E-state index >= 15 is 0 Å². The van der Waals surface area contributed by atoms with Gasteiger partial charge in [-0.25, -0.2) is 0 Å². The van der Waals surface area contributed by atoms with Crippen LogP contribution < -0.4 is 10.2 Å². The molecule has 2 N–H and O–H groups in total. The molecule has 0 radical (unpaired) electrons. The van der Waals surface area contributed by atoms with Crippen LogP contribution in [0.1, 0.15) is 25.3 Å². The number of aliphatic hydroxyl groups is 1. The molecule has 2 amide bonds. The summed E-state index contributed by atoms with van der Waals surface area (Å²) < 4.78 is 0. The van der Waals surface area contributed by atoms with Crippen LogP contribution in [0.2, 0.25) is 5.02 Å². The van der Waals surface area contributed by atoms with E-state index in [1.165, 1.54) is 4.90 Å². The van der Waals surface area contributed by atoms with Crippen LogP contribution in [0.25, 0.3) is 0 Å². The van der Waals surface area contributed by atoms with Gasteiger partial charge in [0.05, 0.1) is 6.54 Å². The largest absolute Gasteiger partial charge is 0.509 e. The van der Waals surface area contributed by atoms with Gasteiger partial charge in [0.15, 0.2) is 0 Å². The van der Waals surface area contributed by atoms with E-state index in [9.17, 15) is 14.7 Å². The van der Waals surface area contributed by atoms with Gasteiger partial charge in [0.2, 0.25) is 0 Å². The Hall–Kier alpha value is -2.79. The predicted molar refractivity (Wildman–Crippen MR) is 103 cm³/mol. The molecule has 3 rings (SSSR count). The molecule has 2 aromatic carbocycles. The van der Waals surface area contributed by atoms with Crippen LogP contribution in [0.3, 0.4) is 0 Å². The highest BCUT2D eigenvalue weighted by Gasteiger charge is 2.36. The third-order valence-corrected chi connectivity index (χ3v) is 4.50. The number of rotatable bonds is 4. The lowest BCUT2D eigenvalue weighted by Gasteiger charge is -2.17. The molecule has 1 aliphatic rings. The van der Waals surface area contributed by atoms with Gasteiger partial charge in [-0.3, -0.25) is 9.59 Å². The molecule has 1 aliphatic heterocycles. The number of anilines is 2. The van der Waals surface area contributed by atoms with E-state index in [1.54, 1.807) is 30.3 Å². The summed E-state index contributed by atoms with van der Waals surface area (Å²) >= 11 is 5.87. The Morgan fingerprint density at radius 3 is 2.46 bits per heavy atom. The van der Waals surface area contributed by atoms with Crippen LogP contribution in [0, 0.1) is 0 Å². The zero-order chi connectivity index (χ0) is 18.8. The summed E-state index contributed by atoms with van der Waals surface area (Å²) in [5.41, 5.74) is 1.92. The number of amides is 2. The molecule has 0 atom stereocenters. The van der Waals surface area contributed by atoms with Crippen molar-refractivity contribution in [2.45, 2.75) is 19.8 Å². The van der Waals surface area contributed by atoms with E-state index in [-0.39, 0.29) is 23.8 Å². The van der Waals surface area contributed by atoms with Gasteiger partial charge in [0.25, 0.3) is 11.8 Å². The summed E-state index contributed by atoms with van der Waals surface area (Å²) in [4.78, 5) is 26.7. The molecule has 0 spiro atoms. The quantitative estimate of drug-likeness (QED) is 0.790. The van der Waals surface area contributed by atoms with Gasteiger partial charge < -0.3 is 15.3 Å². The van der Waals surface area contributed by atoms with Crippen molar-refractivity contribution >= 4 is 34.8 Å². The number of nitrogens with zero attached hydrogens (tertiary/aromatic N) is 1. The average molecular weight is 371 g/mol. The number of halogens is 1. The first-order valence-corrected chi connectivity index (χ1v) is 8.66. The van der Waals surface area contributed by atoms with Crippen molar-refractivity contribution in [1.29, 1.82) is 0 Å². The molecule has 0 aliphatic carbocycles. The first-order chi connectivity index (χ1) is 12.4. The number of carbonyl (C=O) groups is 2. The topological polar surface area (TPSA) is 69.6 Å². The van der Waals surface area contributed by atoms with E-state index in [0.29, 0.717) is 16.4 Å². The normalized spacial score (nSPS) is 14.3. The third-order valence-electron chi connectivity index (χ3n) is 4.25. The van der Waals surface area contributed by atoms with Gasteiger partial charge in [0.1, 0.15) is 11.3 Å². The molecular formula is C20H19ClN2O3. The molecule has 6 heteroatoms. The molecule has 0 fully saturated rings. The highest BCUT2D eigenvalue weighted by molar-refractivity contribution is 6.31. The minimum absolute atomic E-state index is 0.0466. The zero-order valence-electron chi connectivity index (χ0n) is 14.5. The molecule has 1 heterocycles. The summed E-state index contributed by atoms with van der Waals surface area (Å²) in [7, 11) is 0. The van der Waals surface area contributed by atoms with Gasteiger partial charge >= 0.3 is 0 Å². The van der Waals surface area contributed by atoms with Crippen LogP contribution in [0.15, 0.2) is 59.9 Å². The van der Waals surface area contributed by atoms with Crippen LogP contribution in [-0.2, 0) is 9.59 Å². The van der Waals surface area contributed by atoms with Gasteiger partial charge in [-0.05, 0) is 41.8 Å². The third kappa shape index (κ3) is 3.44. The lowest BCUT2D eigenvalue weighted by atomic mass is 10.0. The number of carbonyl (C=O) groups excluding carboxylic acids is 2. The lowest BCUT2D eigenvalue weighted by molar-refractivity contribution is -0.119. The fraction of sp³-hybridized carbons (Fsp3) is 0.200. The van der Waals surface area contributed by atoms with Crippen molar-refractivity contribution in [3.63, 3.8) is 0 Å². The van der Waals surface area contributed by atoms with Crippen molar-refractivity contribution in [2.24, 2.45) is 0 Å². The molecular weight excluding hydrogens is 352 g/mol. The van der Waals surface area contributed by atoms with Gasteiger partial charge in [-0.1, -0.05) is 43.6 Å². The van der Waals surface area contributed by atoms with Crippen molar-refractivity contribution in [2.75, 3.05) is 16.8 Å². The fourth-order valence-electron chi connectivity index (χ4n) is 2.92. The Balaban J connectivity index is 1.83. The highest BCUT2D eigenvalue weighted by atomic mass is 35.5. The minimum atomic E-state index is -0.614. The Kier molecular flexibility index (Phi) is 5.00. The van der Waals surface area contributed by atoms with Crippen molar-refractivity contribution in [3.8, 4) is 0 Å². The molecule has 0 bridgehead atoms. The van der Waals surface area contributed by atoms with Crippen LogP contribution >= 0.6 is 11.6 Å². The van der Waals surface area contributed by atoms with Crippen molar-refractivity contribution in [1.82, 2.24) is 0 Å². The van der Waals surface area contributed by atoms with Crippen LogP contribution in [-0.4, -0.2) is 23.5 Å². The fourth-order valence-corrected chi connectivity index (χ4v) is 3.04. The van der Waals surface area contributed by atoms with E-state index in [0.717, 1.165) is 5.56 Å². The van der Waals surface area contributed by atoms with Crippen LogP contribution in [0.4, 0.5) is 11.4 Å². The van der Waals surface area contributed by atoms with Crippen LogP contribution in [0.5, 0.6) is 0 Å². The van der Waals surface area contributed by atoms with Gasteiger partial charge in [-0.15, -0.1) is 0 Å². The Labute approximate surface area is 156 Å². The maximum Gasteiger partial charge on any atom is 0.267 e. The Morgan fingerprint density at radius 2 is 1.81 bits per heavy atom. The minimum Gasteiger partial charge on any atom is -0.509 e. The molecule has 5 nitrogen and oxygen atoms in total. The first-order valence-electron chi connectivity index (χ1n) is 8.28. The standard InChI is InChI=1S/C20H19ClN2O3/c1-12(2)15-5-3-4-6-16(15)22-19(25)18-17(24)11-23(20(18)26)14-9-7-13(21)8-10-14/h3-10,12,24H,11H2,1-2H3,(H,22,25). The maximum atomic E-state index is 12.7. The van der Waals surface area contributed by atoms with Crippen molar-refractivity contribution < 1.29 is 14.7 Å². The number of hydrogen-bond acceptors (Lipinski definition) is 3. The monoisotopic (exact) mass is 370 g/mol. The SMILES string of the molecule is CC(C)c1ccccc1NC(=O)C1=C(O)CN(c2ccc(Cl)cc2)C1=O. The molecule has 0 saturated heterocycles. The van der Waals surface area contributed by atoms with E-state index in [2.05, 4.69) is 5.32 Å².